The van der Waals surface area contributed by atoms with Gasteiger partial charge in [-0.2, -0.15) is 0 Å². The Kier molecular flexibility index (Phi) is 1.77. The van der Waals surface area contributed by atoms with Crippen LogP contribution in [0.5, 0.6) is 0 Å². The number of hydrogen-bond donors (Lipinski definition) is 1. The molecule has 0 aromatic heterocycles. The fourth-order valence-corrected chi connectivity index (χ4v) is 1.76. The summed E-state index contributed by atoms with van der Waals surface area (Å²) in [7, 11) is 1.76. The van der Waals surface area contributed by atoms with Crippen LogP contribution in [0.4, 0.5) is 5.69 Å². The minimum absolute atomic E-state index is 0.363. The molecule has 2 rings (SSSR count). The SMILES string of the molecule is CO[C@H]1Cc2ccc(N)cc2C1. The van der Waals surface area contributed by atoms with Crippen LogP contribution in [0.15, 0.2) is 18.2 Å². The fourth-order valence-electron chi connectivity index (χ4n) is 1.76. The van der Waals surface area contributed by atoms with Gasteiger partial charge in [0, 0.05) is 12.8 Å². The van der Waals surface area contributed by atoms with Crippen molar-refractivity contribution >= 4 is 5.69 Å². The highest BCUT2D eigenvalue weighted by Gasteiger charge is 2.20. The van der Waals surface area contributed by atoms with Crippen molar-refractivity contribution in [3.05, 3.63) is 29.3 Å². The van der Waals surface area contributed by atoms with Gasteiger partial charge in [0.15, 0.2) is 0 Å². The lowest BCUT2D eigenvalue weighted by atomic mass is 10.1. The van der Waals surface area contributed by atoms with E-state index in [9.17, 15) is 0 Å². The predicted molar refractivity (Wildman–Crippen MR) is 49.1 cm³/mol. The Morgan fingerprint density at radius 2 is 2.08 bits per heavy atom. The number of ether oxygens (including phenoxy) is 1. The molecule has 12 heavy (non-hydrogen) atoms. The molecule has 0 radical (unpaired) electrons. The molecule has 0 fully saturated rings. The van der Waals surface area contributed by atoms with E-state index in [0.717, 1.165) is 18.5 Å². The molecule has 1 aromatic carbocycles. The maximum Gasteiger partial charge on any atom is 0.0652 e. The lowest BCUT2D eigenvalue weighted by Gasteiger charge is -2.03. The summed E-state index contributed by atoms with van der Waals surface area (Å²) in [5.74, 6) is 0. The minimum Gasteiger partial charge on any atom is -0.399 e. The average Bonchev–Trinajstić information content (AvgIpc) is 2.46. The molecule has 2 heteroatoms. The predicted octanol–water partition coefficient (Wildman–Crippen LogP) is 1.38. The molecular weight excluding hydrogens is 150 g/mol. The van der Waals surface area contributed by atoms with Gasteiger partial charge in [0.05, 0.1) is 6.10 Å². The smallest absolute Gasteiger partial charge is 0.0652 e. The highest BCUT2D eigenvalue weighted by molar-refractivity contribution is 5.47. The Bertz CT molecular complexity index is 296. The van der Waals surface area contributed by atoms with Gasteiger partial charge in [-0.25, -0.2) is 0 Å². The number of benzene rings is 1. The summed E-state index contributed by atoms with van der Waals surface area (Å²) in [6, 6.07) is 6.11. The van der Waals surface area contributed by atoms with Crippen LogP contribution in [0.2, 0.25) is 0 Å². The third kappa shape index (κ3) is 1.18. The summed E-state index contributed by atoms with van der Waals surface area (Å²) in [5, 5.41) is 0. The number of nitrogen functional groups attached to an aromatic ring is 1. The lowest BCUT2D eigenvalue weighted by Crippen LogP contribution is -2.08. The van der Waals surface area contributed by atoms with E-state index < -0.39 is 0 Å². The van der Waals surface area contributed by atoms with Crippen LogP contribution < -0.4 is 5.73 Å². The molecule has 1 atom stereocenters. The van der Waals surface area contributed by atoms with Gasteiger partial charge in [0.25, 0.3) is 0 Å². The summed E-state index contributed by atoms with van der Waals surface area (Å²) in [6.45, 7) is 0. The Morgan fingerprint density at radius 1 is 1.33 bits per heavy atom. The van der Waals surface area contributed by atoms with Gasteiger partial charge in [0.1, 0.15) is 0 Å². The highest BCUT2D eigenvalue weighted by Crippen LogP contribution is 2.25. The molecule has 0 bridgehead atoms. The van der Waals surface area contributed by atoms with Crippen molar-refractivity contribution in [1.29, 1.82) is 0 Å². The number of rotatable bonds is 1. The molecule has 0 saturated heterocycles. The van der Waals surface area contributed by atoms with E-state index in [2.05, 4.69) is 6.07 Å². The van der Waals surface area contributed by atoms with Gasteiger partial charge in [-0.1, -0.05) is 6.07 Å². The molecule has 1 aliphatic rings. The zero-order valence-corrected chi connectivity index (χ0v) is 7.21. The summed E-state index contributed by atoms with van der Waals surface area (Å²) in [5.41, 5.74) is 9.26. The molecule has 0 unspecified atom stereocenters. The quantitative estimate of drug-likeness (QED) is 0.635. The molecular formula is C10H13NO. The van der Waals surface area contributed by atoms with E-state index in [-0.39, 0.29) is 0 Å². The number of hydrogen-bond acceptors (Lipinski definition) is 2. The van der Waals surface area contributed by atoms with Gasteiger partial charge >= 0.3 is 0 Å². The van der Waals surface area contributed by atoms with Gasteiger partial charge in [0.2, 0.25) is 0 Å². The minimum atomic E-state index is 0.363. The number of methoxy groups -OCH3 is 1. The zero-order valence-electron chi connectivity index (χ0n) is 7.21. The van der Waals surface area contributed by atoms with Crippen LogP contribution in [-0.4, -0.2) is 13.2 Å². The molecule has 0 saturated carbocycles. The Hall–Kier alpha value is -1.02. The normalized spacial score (nSPS) is 20.9. The van der Waals surface area contributed by atoms with Crippen molar-refractivity contribution in [2.24, 2.45) is 0 Å². The van der Waals surface area contributed by atoms with E-state index in [1.165, 1.54) is 11.1 Å². The largest absolute Gasteiger partial charge is 0.399 e. The van der Waals surface area contributed by atoms with Gasteiger partial charge < -0.3 is 10.5 Å². The summed E-state index contributed by atoms with van der Waals surface area (Å²) in [6.07, 6.45) is 2.41. The van der Waals surface area contributed by atoms with Gasteiger partial charge in [-0.15, -0.1) is 0 Å². The Morgan fingerprint density at radius 3 is 2.83 bits per heavy atom. The van der Waals surface area contributed by atoms with Crippen molar-refractivity contribution in [2.45, 2.75) is 18.9 Å². The molecule has 2 N–H and O–H groups in total. The first-order chi connectivity index (χ1) is 5.79. The molecule has 1 aliphatic carbocycles. The Balaban J connectivity index is 2.30. The van der Waals surface area contributed by atoms with Gasteiger partial charge in [-0.05, 0) is 36.1 Å². The van der Waals surface area contributed by atoms with Crippen LogP contribution in [-0.2, 0) is 17.6 Å². The molecule has 64 valence electrons. The van der Waals surface area contributed by atoms with Crippen molar-refractivity contribution in [1.82, 2.24) is 0 Å². The van der Waals surface area contributed by atoms with E-state index in [0.29, 0.717) is 6.10 Å². The van der Waals surface area contributed by atoms with Crippen LogP contribution in [0.1, 0.15) is 11.1 Å². The van der Waals surface area contributed by atoms with E-state index in [1.54, 1.807) is 7.11 Å². The zero-order chi connectivity index (χ0) is 8.55. The molecule has 1 aromatic rings. The van der Waals surface area contributed by atoms with Crippen LogP contribution >= 0.6 is 0 Å². The fraction of sp³-hybridized carbons (Fsp3) is 0.400. The van der Waals surface area contributed by atoms with Crippen molar-refractivity contribution in [3.8, 4) is 0 Å². The van der Waals surface area contributed by atoms with Crippen molar-refractivity contribution < 1.29 is 4.74 Å². The van der Waals surface area contributed by atoms with E-state index in [4.69, 9.17) is 10.5 Å². The van der Waals surface area contributed by atoms with Crippen LogP contribution in [0.25, 0.3) is 0 Å². The molecule has 0 aliphatic heterocycles. The third-order valence-corrected chi connectivity index (χ3v) is 2.46. The Labute approximate surface area is 72.3 Å². The van der Waals surface area contributed by atoms with E-state index >= 15 is 0 Å². The summed E-state index contributed by atoms with van der Waals surface area (Å²) in [4.78, 5) is 0. The van der Waals surface area contributed by atoms with E-state index in [1.807, 2.05) is 12.1 Å². The van der Waals surface area contributed by atoms with Crippen LogP contribution in [0, 0.1) is 0 Å². The van der Waals surface area contributed by atoms with Crippen LogP contribution in [0.3, 0.4) is 0 Å². The maximum atomic E-state index is 5.68. The molecule has 0 heterocycles. The van der Waals surface area contributed by atoms with Crippen molar-refractivity contribution in [3.63, 3.8) is 0 Å². The first kappa shape index (κ1) is 7.62. The number of nitrogens with two attached hydrogens (primary N) is 1. The summed E-state index contributed by atoms with van der Waals surface area (Å²) < 4.78 is 5.29. The first-order valence-electron chi connectivity index (χ1n) is 4.19. The molecule has 0 amide bonds. The number of fused-ring (bicyclic) bond motifs is 1. The second-order valence-corrected chi connectivity index (χ2v) is 3.29. The topological polar surface area (TPSA) is 35.2 Å². The second-order valence-electron chi connectivity index (χ2n) is 3.29. The number of anilines is 1. The average molecular weight is 163 g/mol. The van der Waals surface area contributed by atoms with Gasteiger partial charge in [-0.3, -0.25) is 0 Å². The summed E-state index contributed by atoms with van der Waals surface area (Å²) >= 11 is 0. The molecule has 0 spiro atoms. The first-order valence-corrected chi connectivity index (χ1v) is 4.19. The lowest BCUT2D eigenvalue weighted by molar-refractivity contribution is 0.112. The second kappa shape index (κ2) is 2.79. The highest BCUT2D eigenvalue weighted by atomic mass is 16.5. The monoisotopic (exact) mass is 163 g/mol. The van der Waals surface area contributed by atoms with Crippen molar-refractivity contribution in [2.75, 3.05) is 12.8 Å². The third-order valence-electron chi connectivity index (χ3n) is 2.46. The molecule has 2 nitrogen and oxygen atoms in total. The maximum absolute atomic E-state index is 5.68. The standard InChI is InChI=1S/C10H13NO/c1-12-10-5-7-2-3-9(11)4-8(7)6-10/h2-4,10H,5-6,11H2,1H3/t10-/m0/s1.